The van der Waals surface area contributed by atoms with Crippen molar-refractivity contribution in [1.82, 2.24) is 15.6 Å². The summed E-state index contributed by atoms with van der Waals surface area (Å²) in [6, 6.07) is 3.21. The van der Waals surface area contributed by atoms with E-state index in [-0.39, 0.29) is 30.8 Å². The number of carbonyl (C=O) groups is 2. The fourth-order valence-corrected chi connectivity index (χ4v) is 3.05. The first-order valence-electron chi connectivity index (χ1n) is 8.12. The van der Waals surface area contributed by atoms with Gasteiger partial charge in [0.1, 0.15) is 17.2 Å². The molecular formula is C18H21F2N3O2S. The number of benzene rings is 1. The molecule has 2 amide bonds. The molecule has 0 saturated carbocycles. The van der Waals surface area contributed by atoms with E-state index in [1.165, 1.54) is 17.4 Å². The minimum atomic E-state index is -0.926. The smallest absolute Gasteiger partial charge is 0.257 e. The van der Waals surface area contributed by atoms with Crippen LogP contribution in [-0.4, -0.2) is 29.9 Å². The van der Waals surface area contributed by atoms with Crippen LogP contribution in [0.25, 0.3) is 0 Å². The second-order valence-electron chi connectivity index (χ2n) is 6.77. The molecule has 0 radical (unpaired) electrons. The minimum Gasteiger partial charge on any atom is -0.354 e. The van der Waals surface area contributed by atoms with Crippen LogP contribution in [0.4, 0.5) is 8.78 Å². The second-order valence-corrected chi connectivity index (χ2v) is 7.63. The molecular weight excluding hydrogens is 360 g/mol. The lowest BCUT2D eigenvalue weighted by molar-refractivity contribution is -0.120. The molecule has 5 nitrogen and oxygen atoms in total. The summed E-state index contributed by atoms with van der Waals surface area (Å²) in [6.45, 7) is 6.36. The van der Waals surface area contributed by atoms with Crippen molar-refractivity contribution in [2.75, 3.05) is 13.1 Å². The fraction of sp³-hybridized carbons (Fsp3) is 0.389. The third-order valence-electron chi connectivity index (χ3n) is 3.46. The van der Waals surface area contributed by atoms with Gasteiger partial charge in [0, 0.05) is 23.9 Å². The summed E-state index contributed by atoms with van der Waals surface area (Å²) in [5.74, 6) is -2.94. The molecule has 1 aromatic carbocycles. The van der Waals surface area contributed by atoms with Gasteiger partial charge in [-0.25, -0.2) is 13.8 Å². The van der Waals surface area contributed by atoms with Crippen molar-refractivity contribution < 1.29 is 18.4 Å². The van der Waals surface area contributed by atoms with Gasteiger partial charge < -0.3 is 10.6 Å². The number of halogens is 2. The van der Waals surface area contributed by atoms with Crippen LogP contribution < -0.4 is 10.6 Å². The number of hydrogen-bond acceptors (Lipinski definition) is 4. The first kappa shape index (κ1) is 20.0. The van der Waals surface area contributed by atoms with E-state index < -0.39 is 23.1 Å². The molecule has 8 heteroatoms. The number of aromatic nitrogens is 1. The van der Waals surface area contributed by atoms with Gasteiger partial charge in [0.2, 0.25) is 5.91 Å². The van der Waals surface area contributed by atoms with Crippen molar-refractivity contribution in [2.45, 2.75) is 32.6 Å². The minimum absolute atomic E-state index is 0.0582. The molecule has 0 spiro atoms. The zero-order valence-electron chi connectivity index (χ0n) is 14.9. The van der Waals surface area contributed by atoms with Crippen molar-refractivity contribution in [3.63, 3.8) is 0 Å². The zero-order valence-corrected chi connectivity index (χ0v) is 15.7. The lowest BCUT2D eigenvalue weighted by atomic mass is 9.98. The monoisotopic (exact) mass is 381 g/mol. The highest BCUT2D eigenvalue weighted by Gasteiger charge is 2.19. The number of hydrogen-bond donors (Lipinski definition) is 2. The standard InChI is InChI=1S/C18H21F2N3O2S/c1-18(2,3)17-23-11(10-26-17)9-14(24)21-7-8-22-16(25)15-12(19)5-4-6-13(15)20/h4-6,10H,7-9H2,1-3H3,(H,21,24)(H,22,25). The molecule has 0 fully saturated rings. The van der Waals surface area contributed by atoms with Crippen LogP contribution in [0, 0.1) is 11.6 Å². The quantitative estimate of drug-likeness (QED) is 0.756. The molecule has 0 aliphatic rings. The predicted molar refractivity (Wildman–Crippen MR) is 96.2 cm³/mol. The van der Waals surface area contributed by atoms with E-state index >= 15 is 0 Å². The first-order valence-corrected chi connectivity index (χ1v) is 9.00. The summed E-state index contributed by atoms with van der Waals surface area (Å²) in [5, 5.41) is 7.82. The van der Waals surface area contributed by atoms with Gasteiger partial charge >= 0.3 is 0 Å². The van der Waals surface area contributed by atoms with Crippen LogP contribution in [0.3, 0.4) is 0 Å². The first-order chi connectivity index (χ1) is 12.2. The number of carbonyl (C=O) groups excluding carboxylic acids is 2. The Morgan fingerprint density at radius 1 is 1.12 bits per heavy atom. The topological polar surface area (TPSA) is 71.1 Å². The Bertz CT molecular complexity index is 780. The van der Waals surface area contributed by atoms with Gasteiger partial charge in [0.15, 0.2) is 0 Å². The summed E-state index contributed by atoms with van der Waals surface area (Å²) >= 11 is 1.51. The van der Waals surface area contributed by atoms with E-state index in [9.17, 15) is 18.4 Å². The third kappa shape index (κ3) is 5.32. The van der Waals surface area contributed by atoms with Crippen molar-refractivity contribution in [3.05, 3.63) is 51.5 Å². The molecule has 2 aromatic rings. The Balaban J connectivity index is 1.77. The van der Waals surface area contributed by atoms with Crippen LogP contribution in [0.1, 0.15) is 41.8 Å². The number of rotatable bonds is 6. The molecule has 2 rings (SSSR count). The molecule has 140 valence electrons. The second kappa shape index (κ2) is 8.35. The van der Waals surface area contributed by atoms with E-state index in [1.54, 1.807) is 0 Å². The van der Waals surface area contributed by atoms with Crippen LogP contribution in [0.15, 0.2) is 23.6 Å². The summed E-state index contributed by atoms with van der Waals surface area (Å²) in [4.78, 5) is 28.2. The largest absolute Gasteiger partial charge is 0.354 e. The van der Waals surface area contributed by atoms with Gasteiger partial charge in [-0.05, 0) is 12.1 Å². The summed E-state index contributed by atoms with van der Waals surface area (Å²) in [5.41, 5.74) is -0.00281. The molecule has 0 saturated heterocycles. The maximum absolute atomic E-state index is 13.5. The van der Waals surface area contributed by atoms with Crippen molar-refractivity contribution in [2.24, 2.45) is 0 Å². The molecule has 0 aliphatic heterocycles. The Hall–Kier alpha value is -2.35. The van der Waals surface area contributed by atoms with Gasteiger partial charge in [-0.1, -0.05) is 26.8 Å². The van der Waals surface area contributed by atoms with E-state index in [2.05, 4.69) is 36.4 Å². The Morgan fingerprint density at radius 2 is 1.73 bits per heavy atom. The average molecular weight is 381 g/mol. The van der Waals surface area contributed by atoms with Crippen LogP contribution in [0.2, 0.25) is 0 Å². The SMILES string of the molecule is CC(C)(C)c1nc(CC(=O)NCCNC(=O)c2c(F)cccc2F)cs1. The highest BCUT2D eigenvalue weighted by molar-refractivity contribution is 7.09. The van der Waals surface area contributed by atoms with Crippen LogP contribution in [0.5, 0.6) is 0 Å². The Kier molecular flexibility index (Phi) is 6.42. The van der Waals surface area contributed by atoms with Gasteiger partial charge in [-0.3, -0.25) is 9.59 Å². The zero-order chi connectivity index (χ0) is 19.3. The summed E-state index contributed by atoms with van der Waals surface area (Å²) in [7, 11) is 0. The highest BCUT2D eigenvalue weighted by Crippen LogP contribution is 2.25. The number of thiazole rings is 1. The van der Waals surface area contributed by atoms with Gasteiger partial charge in [-0.15, -0.1) is 11.3 Å². The van der Waals surface area contributed by atoms with Crippen LogP contribution >= 0.6 is 11.3 Å². The maximum Gasteiger partial charge on any atom is 0.257 e. The highest BCUT2D eigenvalue weighted by atomic mass is 32.1. The number of amides is 2. The van der Waals surface area contributed by atoms with Crippen molar-refractivity contribution in [1.29, 1.82) is 0 Å². The molecule has 26 heavy (non-hydrogen) atoms. The van der Waals surface area contributed by atoms with Crippen molar-refractivity contribution >= 4 is 23.2 Å². The molecule has 0 aliphatic carbocycles. The van der Waals surface area contributed by atoms with E-state index in [0.717, 1.165) is 17.1 Å². The Morgan fingerprint density at radius 3 is 2.31 bits per heavy atom. The molecule has 0 bridgehead atoms. The molecule has 1 aromatic heterocycles. The lowest BCUT2D eigenvalue weighted by Gasteiger charge is -2.13. The third-order valence-corrected chi connectivity index (χ3v) is 4.77. The van der Waals surface area contributed by atoms with Gasteiger partial charge in [-0.2, -0.15) is 0 Å². The van der Waals surface area contributed by atoms with E-state index in [1.807, 2.05) is 5.38 Å². The molecule has 0 unspecified atom stereocenters. The summed E-state index contributed by atoms with van der Waals surface area (Å²) < 4.78 is 27.0. The van der Waals surface area contributed by atoms with E-state index in [4.69, 9.17) is 0 Å². The summed E-state index contributed by atoms with van der Waals surface area (Å²) in [6.07, 6.45) is 0.141. The average Bonchev–Trinajstić information content (AvgIpc) is 3.00. The molecule has 2 N–H and O–H groups in total. The maximum atomic E-state index is 13.5. The fourth-order valence-electron chi connectivity index (χ4n) is 2.14. The van der Waals surface area contributed by atoms with Gasteiger partial charge in [0.05, 0.1) is 17.1 Å². The van der Waals surface area contributed by atoms with Crippen LogP contribution in [-0.2, 0) is 16.6 Å². The van der Waals surface area contributed by atoms with Gasteiger partial charge in [0.25, 0.3) is 5.91 Å². The Labute approximate surface area is 154 Å². The molecule has 0 atom stereocenters. The lowest BCUT2D eigenvalue weighted by Crippen LogP contribution is -2.36. The normalized spacial score (nSPS) is 11.3. The molecule has 1 heterocycles. The number of nitrogens with zero attached hydrogens (tertiary/aromatic N) is 1. The van der Waals surface area contributed by atoms with E-state index in [0.29, 0.717) is 5.69 Å². The van der Waals surface area contributed by atoms with Crippen molar-refractivity contribution in [3.8, 4) is 0 Å². The number of nitrogens with one attached hydrogen (secondary N) is 2. The predicted octanol–water partition coefficient (Wildman–Crippen LogP) is 2.81.